The van der Waals surface area contributed by atoms with Crippen LogP contribution in [0.15, 0.2) is 41.5 Å². The molecule has 1 heteroatoms. The van der Waals surface area contributed by atoms with E-state index < -0.39 is 0 Å². The average Bonchev–Trinajstić information content (AvgIpc) is 2.55. The fraction of sp³-hybridized carbons (Fsp3) is 0.273. The normalized spacial score (nSPS) is 25.2. The standard InChI is InChI=1S/C11H11.Co/c1-9-6-7-11(8-9)10-4-2-3-5-10;/h2-4,6-7,9H,5H2,1H3;/q-1;. The number of hydrogen-bond acceptors (Lipinski definition) is 0. The Morgan fingerprint density at radius 1 is 1.50 bits per heavy atom. The maximum absolute atomic E-state index is 3.39. The van der Waals surface area contributed by atoms with Crippen LogP contribution in [0.3, 0.4) is 0 Å². The second-order valence-corrected chi connectivity index (χ2v) is 3.03. The second-order valence-electron chi connectivity index (χ2n) is 3.03. The van der Waals surface area contributed by atoms with Crippen LogP contribution in [0.2, 0.25) is 0 Å². The quantitative estimate of drug-likeness (QED) is 0.573. The molecular formula is C11H11Co-. The molecule has 0 saturated heterocycles. The van der Waals surface area contributed by atoms with Gasteiger partial charge in [-0.3, -0.25) is 0 Å². The van der Waals surface area contributed by atoms with E-state index in [1.165, 1.54) is 11.1 Å². The van der Waals surface area contributed by atoms with E-state index in [4.69, 9.17) is 0 Å². The van der Waals surface area contributed by atoms with Gasteiger partial charge in [0.1, 0.15) is 0 Å². The first-order valence-electron chi connectivity index (χ1n) is 4.04. The van der Waals surface area contributed by atoms with E-state index in [-0.39, 0.29) is 16.8 Å². The summed E-state index contributed by atoms with van der Waals surface area (Å²) in [5.74, 6) is 0.506. The zero-order valence-corrected chi connectivity index (χ0v) is 8.05. The molecule has 0 aromatic rings. The third kappa shape index (κ3) is 1.79. The Morgan fingerprint density at radius 2 is 2.33 bits per heavy atom. The Hall–Kier alpha value is -0.534. The third-order valence-corrected chi connectivity index (χ3v) is 2.05. The van der Waals surface area contributed by atoms with Crippen LogP contribution in [0.1, 0.15) is 13.3 Å². The average molecular weight is 202 g/mol. The molecule has 2 rings (SSSR count). The van der Waals surface area contributed by atoms with E-state index in [1.54, 1.807) is 0 Å². The summed E-state index contributed by atoms with van der Waals surface area (Å²) in [6, 6.07) is 0. The van der Waals surface area contributed by atoms with Crippen LogP contribution in [-0.4, -0.2) is 0 Å². The molecule has 0 fully saturated rings. The molecule has 0 aromatic heterocycles. The van der Waals surface area contributed by atoms with Gasteiger partial charge in [-0.2, -0.15) is 17.7 Å². The molecule has 0 N–H and O–H groups in total. The zero-order valence-electron chi connectivity index (χ0n) is 7.00. The van der Waals surface area contributed by atoms with Gasteiger partial charge < -0.3 is 0 Å². The largest absolute Gasteiger partial charge is 0.195 e. The van der Waals surface area contributed by atoms with Crippen LogP contribution in [0.4, 0.5) is 0 Å². The van der Waals surface area contributed by atoms with Crippen LogP contribution in [0.25, 0.3) is 0 Å². The topological polar surface area (TPSA) is 0 Å². The zero-order chi connectivity index (χ0) is 7.68. The van der Waals surface area contributed by atoms with Crippen molar-refractivity contribution in [3.8, 4) is 0 Å². The van der Waals surface area contributed by atoms with Crippen molar-refractivity contribution in [2.24, 2.45) is 5.92 Å². The summed E-state index contributed by atoms with van der Waals surface area (Å²) in [7, 11) is 0. The van der Waals surface area contributed by atoms with Crippen LogP contribution in [0.5, 0.6) is 0 Å². The number of hydrogen-bond donors (Lipinski definition) is 0. The van der Waals surface area contributed by atoms with Crippen molar-refractivity contribution in [3.05, 3.63) is 47.6 Å². The van der Waals surface area contributed by atoms with E-state index in [2.05, 4.69) is 43.4 Å². The molecule has 1 unspecified atom stereocenters. The Bertz CT molecular complexity index is 279. The molecule has 0 nitrogen and oxygen atoms in total. The van der Waals surface area contributed by atoms with Gasteiger partial charge in [-0.05, 0) is 0 Å². The summed E-state index contributed by atoms with van der Waals surface area (Å²) in [6.45, 7) is 2.16. The molecule has 0 aliphatic heterocycles. The van der Waals surface area contributed by atoms with Crippen molar-refractivity contribution >= 4 is 0 Å². The minimum Gasteiger partial charge on any atom is -0.195 e. The maximum Gasteiger partial charge on any atom is 0 e. The summed E-state index contributed by atoms with van der Waals surface area (Å²) in [4.78, 5) is 0. The van der Waals surface area contributed by atoms with Gasteiger partial charge in [-0.15, -0.1) is 17.7 Å². The van der Waals surface area contributed by atoms with Gasteiger partial charge in [-0.1, -0.05) is 31.4 Å². The molecule has 0 heterocycles. The van der Waals surface area contributed by atoms with E-state index >= 15 is 0 Å². The Kier molecular flexibility index (Phi) is 3.12. The molecule has 2 aliphatic rings. The summed E-state index contributed by atoms with van der Waals surface area (Å²) in [5, 5.41) is 0. The molecule has 2 aliphatic carbocycles. The maximum atomic E-state index is 3.39. The van der Waals surface area contributed by atoms with Crippen molar-refractivity contribution in [2.75, 3.05) is 0 Å². The molecular weight excluding hydrogens is 191 g/mol. The first-order valence-corrected chi connectivity index (χ1v) is 4.04. The Balaban J connectivity index is 0.000000720. The summed E-state index contributed by atoms with van der Waals surface area (Å²) in [5.41, 5.74) is 2.70. The molecule has 1 atom stereocenters. The van der Waals surface area contributed by atoms with Gasteiger partial charge in [0.2, 0.25) is 0 Å². The molecule has 0 amide bonds. The predicted octanol–water partition coefficient (Wildman–Crippen LogP) is 2.81. The molecule has 0 saturated carbocycles. The van der Waals surface area contributed by atoms with E-state index in [9.17, 15) is 0 Å². The summed E-state index contributed by atoms with van der Waals surface area (Å²) < 4.78 is 0. The van der Waals surface area contributed by atoms with Crippen molar-refractivity contribution in [1.29, 1.82) is 0 Å². The fourth-order valence-electron chi connectivity index (χ4n) is 1.43. The Morgan fingerprint density at radius 3 is 2.83 bits per heavy atom. The minimum absolute atomic E-state index is 0. The van der Waals surface area contributed by atoms with Gasteiger partial charge >= 0.3 is 0 Å². The molecule has 0 spiro atoms. The predicted molar refractivity (Wildman–Crippen MR) is 46.9 cm³/mol. The smallest absolute Gasteiger partial charge is 0 e. The van der Waals surface area contributed by atoms with Crippen LogP contribution in [0, 0.1) is 12.0 Å². The first kappa shape index (κ1) is 9.55. The van der Waals surface area contributed by atoms with Gasteiger partial charge in [0.15, 0.2) is 0 Å². The first-order chi connectivity index (χ1) is 5.36. The third-order valence-electron chi connectivity index (χ3n) is 2.05. The number of allylic oxidation sites excluding steroid dienone is 8. The summed E-state index contributed by atoms with van der Waals surface area (Å²) >= 11 is 0. The van der Waals surface area contributed by atoms with Crippen LogP contribution < -0.4 is 0 Å². The van der Waals surface area contributed by atoms with Crippen molar-refractivity contribution in [1.82, 2.24) is 0 Å². The molecule has 0 bridgehead atoms. The van der Waals surface area contributed by atoms with Gasteiger partial charge in [-0.25, -0.2) is 0 Å². The Labute approximate surface area is 83.9 Å². The fourth-order valence-corrected chi connectivity index (χ4v) is 1.43. The van der Waals surface area contributed by atoms with Crippen molar-refractivity contribution < 1.29 is 16.8 Å². The van der Waals surface area contributed by atoms with Gasteiger partial charge in [0, 0.05) is 16.8 Å². The monoisotopic (exact) mass is 202 g/mol. The molecule has 1 radical (unpaired) electrons. The van der Waals surface area contributed by atoms with Gasteiger partial charge in [0.25, 0.3) is 0 Å². The number of rotatable bonds is 1. The molecule has 12 heavy (non-hydrogen) atoms. The van der Waals surface area contributed by atoms with Crippen LogP contribution in [-0.2, 0) is 16.8 Å². The van der Waals surface area contributed by atoms with Gasteiger partial charge in [0.05, 0.1) is 0 Å². The van der Waals surface area contributed by atoms with Crippen molar-refractivity contribution in [3.63, 3.8) is 0 Å². The minimum atomic E-state index is 0. The summed E-state index contributed by atoms with van der Waals surface area (Å²) in [6.07, 6.45) is 15.3. The molecule has 65 valence electrons. The van der Waals surface area contributed by atoms with E-state index in [0.29, 0.717) is 5.92 Å². The second kappa shape index (κ2) is 3.92. The van der Waals surface area contributed by atoms with E-state index in [0.717, 1.165) is 6.42 Å². The molecule has 0 aromatic carbocycles. The van der Waals surface area contributed by atoms with Crippen LogP contribution >= 0.6 is 0 Å². The van der Waals surface area contributed by atoms with Crippen molar-refractivity contribution in [2.45, 2.75) is 13.3 Å². The SMILES string of the molecule is CC1[C-]=C(C2=CC=CC2)C=C1.[Co]. The van der Waals surface area contributed by atoms with E-state index in [1.807, 2.05) is 0 Å².